The number of hydrogen-bond acceptors (Lipinski definition) is 4. The lowest BCUT2D eigenvalue weighted by Gasteiger charge is -2.12. The summed E-state index contributed by atoms with van der Waals surface area (Å²) in [4.78, 5) is 16.3. The Balaban J connectivity index is 2.30. The van der Waals surface area contributed by atoms with Gasteiger partial charge in [-0.2, -0.15) is 5.10 Å². The van der Waals surface area contributed by atoms with Gasteiger partial charge in [-0.1, -0.05) is 0 Å². The summed E-state index contributed by atoms with van der Waals surface area (Å²) in [5.74, 6) is 0.520. The zero-order chi connectivity index (χ0) is 14.7. The molecule has 0 unspecified atom stereocenters. The third kappa shape index (κ3) is 2.74. The van der Waals surface area contributed by atoms with Gasteiger partial charge in [0, 0.05) is 12.2 Å². The van der Waals surface area contributed by atoms with Crippen molar-refractivity contribution in [2.45, 2.75) is 40.3 Å². The van der Waals surface area contributed by atoms with Crippen LogP contribution in [0, 0.1) is 6.92 Å². The lowest BCUT2D eigenvalue weighted by atomic mass is 10.3. The second-order valence-corrected chi connectivity index (χ2v) is 4.91. The van der Waals surface area contributed by atoms with Gasteiger partial charge in [0.25, 0.3) is 0 Å². The molecular weight excluding hydrogens is 256 g/mol. The molecule has 0 aliphatic rings. The number of carbonyl (C=O) groups is 1. The van der Waals surface area contributed by atoms with Crippen molar-refractivity contribution >= 4 is 5.97 Å². The summed E-state index contributed by atoms with van der Waals surface area (Å²) >= 11 is 0. The van der Waals surface area contributed by atoms with E-state index < -0.39 is 0 Å². The highest BCUT2D eigenvalue weighted by atomic mass is 16.5. The van der Waals surface area contributed by atoms with E-state index in [1.807, 2.05) is 42.3 Å². The molecule has 0 fully saturated rings. The van der Waals surface area contributed by atoms with E-state index in [1.54, 1.807) is 6.92 Å². The molecule has 0 amide bonds. The fourth-order valence-corrected chi connectivity index (χ4v) is 2.16. The fourth-order valence-electron chi connectivity index (χ4n) is 2.16. The standard InChI is InChI=1S/C14H20N4O2/c1-5-20-14(19)13-11(4)6-7-17(13)8-12-15-9-16-18(12)10(2)3/h6-7,9-10H,5,8H2,1-4H3. The van der Waals surface area contributed by atoms with Crippen LogP contribution >= 0.6 is 0 Å². The second-order valence-electron chi connectivity index (χ2n) is 4.91. The molecule has 0 aliphatic heterocycles. The van der Waals surface area contributed by atoms with Crippen molar-refractivity contribution in [3.05, 3.63) is 35.7 Å². The van der Waals surface area contributed by atoms with Gasteiger partial charge in [0.05, 0.1) is 13.2 Å². The van der Waals surface area contributed by atoms with Crippen molar-refractivity contribution in [3.63, 3.8) is 0 Å². The van der Waals surface area contributed by atoms with Crippen LogP contribution in [0.2, 0.25) is 0 Å². The molecule has 0 aromatic carbocycles. The van der Waals surface area contributed by atoms with E-state index in [0.29, 0.717) is 18.8 Å². The highest BCUT2D eigenvalue weighted by Gasteiger charge is 2.17. The summed E-state index contributed by atoms with van der Waals surface area (Å²) in [7, 11) is 0. The third-order valence-electron chi connectivity index (χ3n) is 3.08. The molecule has 2 heterocycles. The Bertz CT molecular complexity index is 598. The number of esters is 1. The van der Waals surface area contributed by atoms with Gasteiger partial charge < -0.3 is 9.30 Å². The van der Waals surface area contributed by atoms with E-state index in [-0.39, 0.29) is 12.0 Å². The first-order valence-corrected chi connectivity index (χ1v) is 6.75. The van der Waals surface area contributed by atoms with E-state index in [0.717, 1.165) is 11.4 Å². The predicted octanol–water partition coefficient (Wildman–Crippen LogP) is 2.19. The van der Waals surface area contributed by atoms with Crippen LogP contribution in [-0.4, -0.2) is 31.9 Å². The van der Waals surface area contributed by atoms with Crippen molar-refractivity contribution in [2.24, 2.45) is 0 Å². The molecule has 0 radical (unpaired) electrons. The first-order chi connectivity index (χ1) is 9.54. The van der Waals surface area contributed by atoms with Gasteiger partial charge >= 0.3 is 5.97 Å². The highest BCUT2D eigenvalue weighted by molar-refractivity contribution is 5.89. The van der Waals surface area contributed by atoms with E-state index in [2.05, 4.69) is 10.1 Å². The van der Waals surface area contributed by atoms with Crippen LogP contribution in [0.3, 0.4) is 0 Å². The summed E-state index contributed by atoms with van der Waals surface area (Å²) in [6.45, 7) is 8.66. The third-order valence-corrected chi connectivity index (χ3v) is 3.08. The first-order valence-electron chi connectivity index (χ1n) is 6.75. The molecule has 0 spiro atoms. The predicted molar refractivity (Wildman–Crippen MR) is 74.6 cm³/mol. The first kappa shape index (κ1) is 14.3. The number of hydrogen-bond donors (Lipinski definition) is 0. The van der Waals surface area contributed by atoms with E-state index in [4.69, 9.17) is 4.74 Å². The molecule has 0 aliphatic carbocycles. The number of rotatable bonds is 5. The molecule has 20 heavy (non-hydrogen) atoms. The maximum Gasteiger partial charge on any atom is 0.355 e. The van der Waals surface area contributed by atoms with Crippen LogP contribution in [0.15, 0.2) is 18.6 Å². The van der Waals surface area contributed by atoms with Gasteiger partial charge in [-0.25, -0.2) is 14.5 Å². The average Bonchev–Trinajstić information content (AvgIpc) is 2.97. The number of ether oxygens (including phenoxy) is 1. The minimum Gasteiger partial charge on any atom is -0.461 e. The quantitative estimate of drug-likeness (QED) is 0.785. The molecule has 0 saturated heterocycles. The summed E-state index contributed by atoms with van der Waals surface area (Å²) in [5, 5.41) is 4.21. The Morgan fingerprint density at radius 2 is 2.20 bits per heavy atom. The Hall–Kier alpha value is -2.11. The second kappa shape index (κ2) is 5.90. The van der Waals surface area contributed by atoms with Crippen LogP contribution in [0.5, 0.6) is 0 Å². The van der Waals surface area contributed by atoms with E-state index in [1.165, 1.54) is 6.33 Å². The summed E-state index contributed by atoms with van der Waals surface area (Å²) in [6.07, 6.45) is 3.41. The van der Waals surface area contributed by atoms with Crippen LogP contribution in [0.1, 0.15) is 48.7 Å². The van der Waals surface area contributed by atoms with Crippen LogP contribution in [-0.2, 0) is 11.3 Å². The lowest BCUT2D eigenvalue weighted by molar-refractivity contribution is 0.0513. The normalized spacial score (nSPS) is 11.1. The number of nitrogens with zero attached hydrogens (tertiary/aromatic N) is 4. The van der Waals surface area contributed by atoms with Crippen LogP contribution < -0.4 is 0 Å². The number of aryl methyl sites for hydroxylation is 1. The summed E-state index contributed by atoms with van der Waals surface area (Å²) < 4.78 is 8.81. The van der Waals surface area contributed by atoms with Crippen molar-refractivity contribution < 1.29 is 9.53 Å². The maximum absolute atomic E-state index is 12.0. The van der Waals surface area contributed by atoms with E-state index >= 15 is 0 Å². The molecule has 0 saturated carbocycles. The monoisotopic (exact) mass is 276 g/mol. The van der Waals surface area contributed by atoms with Gasteiger partial charge in [-0.05, 0) is 39.3 Å². The Labute approximate surface area is 118 Å². The molecule has 0 bridgehead atoms. The van der Waals surface area contributed by atoms with Gasteiger partial charge in [0.15, 0.2) is 0 Å². The van der Waals surface area contributed by atoms with Crippen LogP contribution in [0.4, 0.5) is 0 Å². The Morgan fingerprint density at radius 1 is 1.45 bits per heavy atom. The molecule has 2 aromatic heterocycles. The lowest BCUT2D eigenvalue weighted by Crippen LogP contribution is -2.17. The van der Waals surface area contributed by atoms with Crippen molar-refractivity contribution in [3.8, 4) is 0 Å². The molecule has 2 rings (SSSR count). The average molecular weight is 276 g/mol. The van der Waals surface area contributed by atoms with Gasteiger partial charge in [-0.3, -0.25) is 0 Å². The molecule has 6 heteroatoms. The molecule has 6 nitrogen and oxygen atoms in total. The molecular formula is C14H20N4O2. The van der Waals surface area contributed by atoms with Crippen LogP contribution in [0.25, 0.3) is 0 Å². The molecule has 108 valence electrons. The van der Waals surface area contributed by atoms with Crippen molar-refractivity contribution in [2.75, 3.05) is 6.61 Å². The zero-order valence-corrected chi connectivity index (χ0v) is 12.3. The zero-order valence-electron chi connectivity index (χ0n) is 12.3. The van der Waals surface area contributed by atoms with Crippen molar-refractivity contribution in [1.82, 2.24) is 19.3 Å². The van der Waals surface area contributed by atoms with Gasteiger partial charge in [-0.15, -0.1) is 0 Å². The fraction of sp³-hybridized carbons (Fsp3) is 0.500. The van der Waals surface area contributed by atoms with Gasteiger partial charge in [0.1, 0.15) is 17.8 Å². The van der Waals surface area contributed by atoms with Gasteiger partial charge in [0.2, 0.25) is 0 Å². The van der Waals surface area contributed by atoms with Crippen molar-refractivity contribution in [1.29, 1.82) is 0 Å². The molecule has 0 N–H and O–H groups in total. The minimum atomic E-state index is -0.300. The van der Waals surface area contributed by atoms with E-state index in [9.17, 15) is 4.79 Å². The smallest absolute Gasteiger partial charge is 0.355 e. The summed E-state index contributed by atoms with van der Waals surface area (Å²) in [5.41, 5.74) is 1.48. The Morgan fingerprint density at radius 3 is 2.85 bits per heavy atom. The number of aromatic nitrogens is 4. The molecule has 2 aromatic rings. The largest absolute Gasteiger partial charge is 0.461 e. The minimum absolute atomic E-state index is 0.232. The molecule has 0 atom stereocenters. The highest BCUT2D eigenvalue weighted by Crippen LogP contribution is 2.14. The topological polar surface area (TPSA) is 61.9 Å². The maximum atomic E-state index is 12.0. The summed E-state index contributed by atoms with van der Waals surface area (Å²) in [6, 6.07) is 2.14. The number of carbonyl (C=O) groups excluding carboxylic acids is 1. The SMILES string of the molecule is CCOC(=O)c1c(C)ccn1Cc1ncnn1C(C)C. The Kier molecular flexibility index (Phi) is 4.22.